The Labute approximate surface area is 117 Å². The number of para-hydroxylation sites is 2. The van der Waals surface area contributed by atoms with Crippen LogP contribution >= 0.6 is 0 Å². The molecule has 5 heteroatoms. The Bertz CT molecular complexity index is 641. The molecule has 0 aliphatic rings. The standard InChI is InChI=1S/C15H18N4O/c1-11(12(2)19-9-5-8-17-19)16-10-15-18-13-6-3-4-7-14(13)20-15/h3-9,11-12,16H,10H2,1-2H3/t11-,12+/m1/s1. The van der Waals surface area contributed by atoms with Crippen LogP contribution in [-0.2, 0) is 6.54 Å². The van der Waals surface area contributed by atoms with Crippen molar-refractivity contribution in [1.29, 1.82) is 0 Å². The first-order valence-electron chi connectivity index (χ1n) is 6.81. The summed E-state index contributed by atoms with van der Waals surface area (Å²) in [4.78, 5) is 4.46. The molecule has 2 aromatic heterocycles. The van der Waals surface area contributed by atoms with Gasteiger partial charge in [0.25, 0.3) is 0 Å². The minimum absolute atomic E-state index is 0.268. The second-order valence-corrected chi connectivity index (χ2v) is 4.97. The molecule has 3 rings (SSSR count). The molecule has 0 saturated carbocycles. The van der Waals surface area contributed by atoms with E-state index in [4.69, 9.17) is 4.42 Å². The smallest absolute Gasteiger partial charge is 0.209 e. The lowest BCUT2D eigenvalue weighted by molar-refractivity contribution is 0.350. The number of nitrogens with one attached hydrogen (secondary N) is 1. The molecular formula is C15H18N4O. The highest BCUT2D eigenvalue weighted by Crippen LogP contribution is 2.15. The van der Waals surface area contributed by atoms with E-state index >= 15 is 0 Å². The van der Waals surface area contributed by atoms with Crippen LogP contribution in [0.15, 0.2) is 47.1 Å². The van der Waals surface area contributed by atoms with Gasteiger partial charge in [-0.05, 0) is 32.0 Å². The van der Waals surface area contributed by atoms with Crippen molar-refractivity contribution in [2.24, 2.45) is 0 Å². The molecule has 1 N–H and O–H groups in total. The summed E-state index contributed by atoms with van der Waals surface area (Å²) in [5.74, 6) is 0.714. The Morgan fingerprint density at radius 3 is 2.85 bits per heavy atom. The van der Waals surface area contributed by atoms with Gasteiger partial charge in [-0.1, -0.05) is 12.1 Å². The summed E-state index contributed by atoms with van der Waals surface area (Å²) in [6, 6.07) is 10.3. The summed E-state index contributed by atoms with van der Waals surface area (Å²) in [6.45, 7) is 4.88. The van der Waals surface area contributed by atoms with Gasteiger partial charge in [0, 0.05) is 18.4 Å². The number of oxazole rings is 1. The Balaban J connectivity index is 1.64. The fourth-order valence-corrected chi connectivity index (χ4v) is 2.17. The molecule has 0 saturated heterocycles. The lowest BCUT2D eigenvalue weighted by Crippen LogP contribution is -2.33. The second kappa shape index (κ2) is 5.46. The van der Waals surface area contributed by atoms with Gasteiger partial charge in [0.1, 0.15) is 5.52 Å². The minimum Gasteiger partial charge on any atom is -0.439 e. The Morgan fingerprint density at radius 2 is 2.10 bits per heavy atom. The predicted octanol–water partition coefficient (Wildman–Crippen LogP) is 2.76. The zero-order valence-corrected chi connectivity index (χ0v) is 11.7. The van der Waals surface area contributed by atoms with Crippen LogP contribution < -0.4 is 5.32 Å². The molecule has 3 aromatic rings. The largest absolute Gasteiger partial charge is 0.439 e. The van der Waals surface area contributed by atoms with Crippen LogP contribution in [0.3, 0.4) is 0 Å². The summed E-state index contributed by atoms with van der Waals surface area (Å²) >= 11 is 0. The van der Waals surface area contributed by atoms with Crippen LogP contribution in [0.25, 0.3) is 11.1 Å². The van der Waals surface area contributed by atoms with E-state index in [-0.39, 0.29) is 12.1 Å². The summed E-state index contributed by atoms with van der Waals surface area (Å²) in [5, 5.41) is 7.70. The van der Waals surface area contributed by atoms with Gasteiger partial charge in [-0.2, -0.15) is 5.10 Å². The van der Waals surface area contributed by atoms with Crippen LogP contribution in [0.1, 0.15) is 25.8 Å². The van der Waals surface area contributed by atoms with Gasteiger partial charge in [-0.25, -0.2) is 4.98 Å². The summed E-state index contributed by atoms with van der Waals surface area (Å²) in [7, 11) is 0. The number of rotatable bonds is 5. The topological polar surface area (TPSA) is 55.9 Å². The minimum atomic E-state index is 0.268. The van der Waals surface area contributed by atoms with E-state index in [1.807, 2.05) is 41.2 Å². The first-order valence-corrected chi connectivity index (χ1v) is 6.81. The summed E-state index contributed by atoms with van der Waals surface area (Å²) in [5.41, 5.74) is 1.73. The van der Waals surface area contributed by atoms with E-state index in [9.17, 15) is 0 Å². The van der Waals surface area contributed by atoms with Crippen LogP contribution in [0.2, 0.25) is 0 Å². The van der Waals surface area contributed by atoms with Crippen molar-refractivity contribution in [3.63, 3.8) is 0 Å². The lowest BCUT2D eigenvalue weighted by Gasteiger charge is -2.21. The molecule has 5 nitrogen and oxygen atoms in total. The first-order chi connectivity index (χ1) is 9.74. The Hall–Kier alpha value is -2.14. The molecule has 2 heterocycles. The fourth-order valence-electron chi connectivity index (χ4n) is 2.17. The number of aromatic nitrogens is 3. The van der Waals surface area contributed by atoms with E-state index in [1.165, 1.54) is 0 Å². The van der Waals surface area contributed by atoms with Crippen molar-refractivity contribution in [2.75, 3.05) is 0 Å². The van der Waals surface area contributed by atoms with Crippen LogP contribution in [0.4, 0.5) is 0 Å². The number of hydrogen-bond donors (Lipinski definition) is 1. The van der Waals surface area contributed by atoms with E-state index < -0.39 is 0 Å². The van der Waals surface area contributed by atoms with Crippen molar-refractivity contribution >= 4 is 11.1 Å². The van der Waals surface area contributed by atoms with Crippen LogP contribution in [0, 0.1) is 0 Å². The van der Waals surface area contributed by atoms with Gasteiger partial charge < -0.3 is 9.73 Å². The molecule has 0 aliphatic heterocycles. The van der Waals surface area contributed by atoms with Gasteiger partial charge in [0.15, 0.2) is 5.58 Å². The average molecular weight is 270 g/mol. The molecule has 0 fully saturated rings. The van der Waals surface area contributed by atoms with Crippen molar-refractivity contribution in [2.45, 2.75) is 32.5 Å². The van der Waals surface area contributed by atoms with E-state index in [1.54, 1.807) is 6.20 Å². The lowest BCUT2D eigenvalue weighted by atomic mass is 10.2. The van der Waals surface area contributed by atoms with Crippen LogP contribution in [-0.4, -0.2) is 20.8 Å². The molecule has 0 aliphatic carbocycles. The molecule has 2 atom stereocenters. The average Bonchev–Trinajstić information content (AvgIpc) is 3.12. The van der Waals surface area contributed by atoms with Crippen molar-refractivity contribution in [3.05, 3.63) is 48.6 Å². The maximum absolute atomic E-state index is 5.69. The van der Waals surface area contributed by atoms with Crippen LogP contribution in [0.5, 0.6) is 0 Å². The number of nitrogens with zero attached hydrogens (tertiary/aromatic N) is 3. The number of fused-ring (bicyclic) bond motifs is 1. The van der Waals surface area contributed by atoms with E-state index in [0.717, 1.165) is 11.1 Å². The van der Waals surface area contributed by atoms with E-state index in [2.05, 4.69) is 29.2 Å². The second-order valence-electron chi connectivity index (χ2n) is 4.97. The summed E-state index contributed by atoms with van der Waals surface area (Å²) < 4.78 is 7.64. The molecule has 0 bridgehead atoms. The molecular weight excluding hydrogens is 252 g/mol. The van der Waals surface area contributed by atoms with Gasteiger partial charge in [-0.15, -0.1) is 0 Å². The van der Waals surface area contributed by atoms with Gasteiger partial charge >= 0.3 is 0 Å². The third-order valence-electron chi connectivity index (χ3n) is 3.58. The fraction of sp³-hybridized carbons (Fsp3) is 0.333. The zero-order valence-electron chi connectivity index (χ0n) is 11.7. The van der Waals surface area contributed by atoms with E-state index in [0.29, 0.717) is 12.4 Å². The van der Waals surface area contributed by atoms with Gasteiger partial charge in [-0.3, -0.25) is 4.68 Å². The molecule has 20 heavy (non-hydrogen) atoms. The molecule has 0 amide bonds. The molecule has 0 spiro atoms. The third-order valence-corrected chi connectivity index (χ3v) is 3.58. The highest BCUT2D eigenvalue weighted by atomic mass is 16.3. The Kier molecular flexibility index (Phi) is 3.52. The molecule has 1 aromatic carbocycles. The quantitative estimate of drug-likeness (QED) is 0.774. The van der Waals surface area contributed by atoms with Gasteiger partial charge in [0.2, 0.25) is 5.89 Å². The number of benzene rings is 1. The van der Waals surface area contributed by atoms with Crippen molar-refractivity contribution < 1.29 is 4.42 Å². The molecule has 0 unspecified atom stereocenters. The maximum atomic E-state index is 5.69. The van der Waals surface area contributed by atoms with Gasteiger partial charge in [0.05, 0.1) is 12.6 Å². The zero-order chi connectivity index (χ0) is 13.9. The third kappa shape index (κ3) is 2.58. The first kappa shape index (κ1) is 12.9. The van der Waals surface area contributed by atoms with Crippen molar-refractivity contribution in [1.82, 2.24) is 20.1 Å². The summed E-state index contributed by atoms with van der Waals surface area (Å²) in [6.07, 6.45) is 3.77. The SMILES string of the molecule is C[C@@H](NCc1nc2ccccc2o1)[C@H](C)n1cccn1. The normalized spacial score (nSPS) is 14.5. The highest BCUT2D eigenvalue weighted by Gasteiger charge is 2.14. The molecule has 104 valence electrons. The molecule has 0 radical (unpaired) electrons. The predicted molar refractivity (Wildman–Crippen MR) is 77.2 cm³/mol. The van der Waals surface area contributed by atoms with Crippen molar-refractivity contribution in [3.8, 4) is 0 Å². The highest BCUT2D eigenvalue weighted by molar-refractivity contribution is 5.72. The number of hydrogen-bond acceptors (Lipinski definition) is 4. The Morgan fingerprint density at radius 1 is 1.25 bits per heavy atom. The monoisotopic (exact) mass is 270 g/mol. The maximum Gasteiger partial charge on any atom is 0.209 e.